The summed E-state index contributed by atoms with van der Waals surface area (Å²) < 4.78 is 23.5. The quantitative estimate of drug-likeness (QED) is 0.133. The molecule has 2 unspecified atom stereocenters. The van der Waals surface area contributed by atoms with Crippen LogP contribution in [0, 0.1) is 11.8 Å². The molecule has 1 aliphatic carbocycles. The van der Waals surface area contributed by atoms with Gasteiger partial charge in [0.2, 0.25) is 0 Å². The SMILES string of the molecule is CCCCCC/C=C/[C@H]1CCC[C@@H]1C/C=C\CCC(OC1CCCCO1)(OC1CCCCO1)C(=O)O. The first-order valence-corrected chi connectivity index (χ1v) is 14.8. The fourth-order valence-corrected chi connectivity index (χ4v) is 5.62. The number of ether oxygens (including phenoxy) is 4. The zero-order valence-corrected chi connectivity index (χ0v) is 22.5. The van der Waals surface area contributed by atoms with E-state index in [0.717, 1.165) is 32.1 Å². The van der Waals surface area contributed by atoms with Crippen LogP contribution in [-0.2, 0) is 23.7 Å². The van der Waals surface area contributed by atoms with Crippen LogP contribution >= 0.6 is 0 Å². The molecule has 206 valence electrons. The van der Waals surface area contributed by atoms with E-state index >= 15 is 0 Å². The molecule has 6 heteroatoms. The van der Waals surface area contributed by atoms with Crippen LogP contribution in [0.1, 0.15) is 116 Å². The molecular weight excluding hydrogens is 456 g/mol. The van der Waals surface area contributed by atoms with Crippen molar-refractivity contribution in [3.63, 3.8) is 0 Å². The monoisotopic (exact) mass is 506 g/mol. The van der Waals surface area contributed by atoms with Crippen molar-refractivity contribution in [1.29, 1.82) is 0 Å². The van der Waals surface area contributed by atoms with Gasteiger partial charge in [0, 0.05) is 19.6 Å². The average Bonchev–Trinajstić information content (AvgIpc) is 3.34. The molecule has 4 atom stereocenters. The fraction of sp³-hybridized carbons (Fsp3) is 0.833. The summed E-state index contributed by atoms with van der Waals surface area (Å²) in [6, 6.07) is 0. The number of carboxylic acids is 1. The molecule has 0 aromatic rings. The molecule has 0 aromatic heterocycles. The number of unbranched alkanes of at least 4 members (excludes halogenated alkanes) is 4. The van der Waals surface area contributed by atoms with E-state index in [-0.39, 0.29) is 6.42 Å². The predicted octanol–water partition coefficient (Wildman–Crippen LogP) is 7.52. The molecule has 1 N–H and O–H groups in total. The minimum absolute atomic E-state index is 0.240. The molecule has 0 amide bonds. The van der Waals surface area contributed by atoms with Gasteiger partial charge in [-0.3, -0.25) is 0 Å². The lowest BCUT2D eigenvalue weighted by atomic mass is 9.92. The maximum atomic E-state index is 12.5. The molecule has 36 heavy (non-hydrogen) atoms. The Labute approximate surface area is 218 Å². The molecule has 2 aliphatic heterocycles. The van der Waals surface area contributed by atoms with Crippen LogP contribution in [0.3, 0.4) is 0 Å². The van der Waals surface area contributed by atoms with Crippen molar-refractivity contribution in [2.45, 2.75) is 134 Å². The second-order valence-corrected chi connectivity index (χ2v) is 10.8. The summed E-state index contributed by atoms with van der Waals surface area (Å²) in [6.07, 6.45) is 25.6. The van der Waals surface area contributed by atoms with E-state index in [1.807, 2.05) is 0 Å². The van der Waals surface area contributed by atoms with Crippen molar-refractivity contribution in [2.24, 2.45) is 11.8 Å². The molecule has 0 spiro atoms. The van der Waals surface area contributed by atoms with Gasteiger partial charge in [0.1, 0.15) is 0 Å². The Balaban J connectivity index is 1.50. The molecule has 0 aromatic carbocycles. The van der Waals surface area contributed by atoms with Crippen molar-refractivity contribution in [1.82, 2.24) is 0 Å². The van der Waals surface area contributed by atoms with Crippen LogP contribution in [0.5, 0.6) is 0 Å². The van der Waals surface area contributed by atoms with Crippen LogP contribution in [0.25, 0.3) is 0 Å². The van der Waals surface area contributed by atoms with Gasteiger partial charge in [0.05, 0.1) is 0 Å². The van der Waals surface area contributed by atoms with Crippen molar-refractivity contribution in [2.75, 3.05) is 13.2 Å². The average molecular weight is 507 g/mol. The predicted molar refractivity (Wildman–Crippen MR) is 141 cm³/mol. The number of hydrogen-bond acceptors (Lipinski definition) is 5. The highest BCUT2D eigenvalue weighted by Crippen LogP contribution is 2.36. The van der Waals surface area contributed by atoms with E-state index in [0.29, 0.717) is 44.3 Å². The summed E-state index contributed by atoms with van der Waals surface area (Å²) in [6.45, 7) is 3.44. The Hall–Kier alpha value is -1.21. The second-order valence-electron chi connectivity index (χ2n) is 10.8. The van der Waals surface area contributed by atoms with Crippen LogP contribution in [0.2, 0.25) is 0 Å². The third-order valence-electron chi connectivity index (χ3n) is 7.82. The Bertz CT molecular complexity index is 642. The van der Waals surface area contributed by atoms with Gasteiger partial charge < -0.3 is 24.1 Å². The van der Waals surface area contributed by atoms with Crippen molar-refractivity contribution >= 4 is 5.97 Å². The first-order valence-electron chi connectivity index (χ1n) is 14.8. The van der Waals surface area contributed by atoms with E-state index in [1.165, 1.54) is 51.4 Å². The number of rotatable bonds is 16. The van der Waals surface area contributed by atoms with Crippen molar-refractivity contribution in [3.05, 3.63) is 24.3 Å². The summed E-state index contributed by atoms with van der Waals surface area (Å²) >= 11 is 0. The maximum Gasteiger partial charge on any atom is 0.364 e. The molecular formula is C30H50O6. The molecule has 6 nitrogen and oxygen atoms in total. The maximum absolute atomic E-state index is 12.5. The molecule has 0 radical (unpaired) electrons. The van der Waals surface area contributed by atoms with Crippen LogP contribution < -0.4 is 0 Å². The van der Waals surface area contributed by atoms with E-state index in [2.05, 4.69) is 31.2 Å². The number of carbonyl (C=O) groups is 1. The summed E-state index contributed by atoms with van der Waals surface area (Å²) in [7, 11) is 0. The molecule has 3 rings (SSSR count). The molecule has 1 saturated carbocycles. The van der Waals surface area contributed by atoms with Gasteiger partial charge in [0.25, 0.3) is 5.79 Å². The molecule has 0 bridgehead atoms. The first kappa shape index (κ1) is 29.3. The normalized spacial score (nSPS) is 29.1. The molecule has 2 saturated heterocycles. The lowest BCUT2D eigenvalue weighted by Crippen LogP contribution is -2.51. The van der Waals surface area contributed by atoms with Crippen LogP contribution in [-0.4, -0.2) is 42.7 Å². The van der Waals surface area contributed by atoms with Crippen LogP contribution in [0.4, 0.5) is 0 Å². The summed E-state index contributed by atoms with van der Waals surface area (Å²) in [4.78, 5) is 12.5. The minimum Gasteiger partial charge on any atom is -0.477 e. The Morgan fingerprint density at radius 2 is 1.58 bits per heavy atom. The zero-order chi connectivity index (χ0) is 25.5. The van der Waals surface area contributed by atoms with E-state index < -0.39 is 24.3 Å². The Morgan fingerprint density at radius 3 is 2.19 bits per heavy atom. The van der Waals surface area contributed by atoms with E-state index in [1.54, 1.807) is 0 Å². The van der Waals surface area contributed by atoms with Gasteiger partial charge >= 0.3 is 5.97 Å². The molecule has 2 heterocycles. The Morgan fingerprint density at radius 1 is 0.861 bits per heavy atom. The highest BCUT2D eigenvalue weighted by molar-refractivity contribution is 5.75. The highest BCUT2D eigenvalue weighted by Gasteiger charge is 2.46. The van der Waals surface area contributed by atoms with Crippen molar-refractivity contribution < 1.29 is 28.8 Å². The number of aliphatic carboxylic acids is 1. The summed E-state index contributed by atoms with van der Waals surface area (Å²) in [5.41, 5.74) is 0. The van der Waals surface area contributed by atoms with Gasteiger partial charge in [-0.15, -0.1) is 0 Å². The van der Waals surface area contributed by atoms with Gasteiger partial charge in [-0.2, -0.15) is 0 Å². The number of hydrogen-bond donors (Lipinski definition) is 1. The van der Waals surface area contributed by atoms with Crippen molar-refractivity contribution in [3.8, 4) is 0 Å². The first-order chi connectivity index (χ1) is 17.6. The number of allylic oxidation sites excluding steroid dienone is 4. The van der Waals surface area contributed by atoms with Gasteiger partial charge in [-0.1, -0.05) is 56.9 Å². The topological polar surface area (TPSA) is 74.2 Å². The van der Waals surface area contributed by atoms with Gasteiger partial charge in [-0.05, 0) is 88.9 Å². The smallest absolute Gasteiger partial charge is 0.364 e. The second kappa shape index (κ2) is 16.6. The third-order valence-corrected chi connectivity index (χ3v) is 7.82. The highest BCUT2D eigenvalue weighted by atomic mass is 16.8. The van der Waals surface area contributed by atoms with Gasteiger partial charge in [0.15, 0.2) is 12.6 Å². The zero-order valence-electron chi connectivity index (χ0n) is 22.5. The lowest BCUT2D eigenvalue weighted by molar-refractivity contribution is -0.352. The minimum atomic E-state index is -1.75. The molecule has 3 fully saturated rings. The Kier molecular flexibility index (Phi) is 13.5. The molecule has 3 aliphatic rings. The summed E-state index contributed by atoms with van der Waals surface area (Å²) in [5.74, 6) is -1.47. The van der Waals surface area contributed by atoms with Crippen LogP contribution in [0.15, 0.2) is 24.3 Å². The van der Waals surface area contributed by atoms with E-state index in [4.69, 9.17) is 18.9 Å². The third kappa shape index (κ3) is 9.92. The largest absolute Gasteiger partial charge is 0.477 e. The number of carboxylic acid groups (broad SMARTS) is 1. The summed E-state index contributed by atoms with van der Waals surface area (Å²) in [5, 5.41) is 10.2. The van der Waals surface area contributed by atoms with E-state index in [9.17, 15) is 9.90 Å². The van der Waals surface area contributed by atoms with Gasteiger partial charge in [-0.25, -0.2) is 4.79 Å². The lowest BCUT2D eigenvalue weighted by Gasteiger charge is -2.37. The fourth-order valence-electron chi connectivity index (χ4n) is 5.62. The standard InChI is InChI=1S/C30H50O6/c1-2-3-4-5-6-8-16-25-18-15-19-26(25)17-9-7-12-22-30(29(31)32,35-27-20-10-13-23-33-27)36-28-21-11-14-24-34-28/h7-9,16,25-28H,2-6,10-15,17-24H2,1H3,(H,31,32)/b9-7-,16-8+/t25-,26-,27?,28?,30?/m0/s1.